The monoisotopic (exact) mass is 443 g/mol. The van der Waals surface area contributed by atoms with Crippen molar-refractivity contribution in [2.24, 2.45) is 0 Å². The number of halogens is 1. The van der Waals surface area contributed by atoms with Crippen LogP contribution in [0.2, 0.25) is 0 Å². The molecule has 33 heavy (non-hydrogen) atoms. The van der Waals surface area contributed by atoms with Gasteiger partial charge in [0.15, 0.2) is 11.7 Å². The van der Waals surface area contributed by atoms with Crippen molar-refractivity contribution in [2.45, 2.75) is 18.9 Å². The fourth-order valence-electron chi connectivity index (χ4n) is 3.31. The number of nitrogens with one attached hydrogen (secondary N) is 2. The lowest BCUT2D eigenvalue weighted by molar-refractivity contribution is -0.126. The van der Waals surface area contributed by atoms with E-state index in [0.717, 1.165) is 0 Å². The van der Waals surface area contributed by atoms with Crippen LogP contribution in [-0.2, 0) is 16.0 Å². The molecule has 0 radical (unpaired) electrons. The van der Waals surface area contributed by atoms with Gasteiger partial charge < -0.3 is 15.1 Å². The van der Waals surface area contributed by atoms with Gasteiger partial charge in [0.25, 0.3) is 5.91 Å². The molecule has 0 aliphatic rings. The van der Waals surface area contributed by atoms with Gasteiger partial charge in [-0.3, -0.25) is 9.59 Å². The minimum absolute atomic E-state index is 0.0886. The molecule has 4 aromatic rings. The first kappa shape index (κ1) is 22.0. The van der Waals surface area contributed by atoms with E-state index < -0.39 is 6.04 Å². The molecule has 0 bridgehead atoms. The standard InChI is InChI=1S/C26H22FN3O3/c27-20-13-11-18(12-14-20)22-17-28-24(33-22)16-15-23(31)30-25(19-7-3-1-4-8-19)26(32)29-21-9-5-2-6-10-21/h1-14,17,25H,15-16H2,(H,29,32)(H,30,31). The van der Waals surface area contributed by atoms with Crippen LogP contribution < -0.4 is 10.6 Å². The van der Waals surface area contributed by atoms with Gasteiger partial charge in [0.05, 0.1) is 6.20 Å². The highest BCUT2D eigenvalue weighted by Crippen LogP contribution is 2.21. The lowest BCUT2D eigenvalue weighted by Gasteiger charge is -2.19. The summed E-state index contributed by atoms with van der Waals surface area (Å²) in [6.07, 6.45) is 1.89. The van der Waals surface area contributed by atoms with Crippen molar-refractivity contribution in [3.05, 3.63) is 108 Å². The van der Waals surface area contributed by atoms with E-state index in [-0.39, 0.29) is 30.5 Å². The van der Waals surface area contributed by atoms with Crippen molar-refractivity contribution in [1.82, 2.24) is 10.3 Å². The molecule has 2 amide bonds. The van der Waals surface area contributed by atoms with E-state index in [4.69, 9.17) is 4.42 Å². The molecular weight excluding hydrogens is 421 g/mol. The molecule has 0 fully saturated rings. The van der Waals surface area contributed by atoms with Crippen molar-refractivity contribution in [1.29, 1.82) is 0 Å². The van der Waals surface area contributed by atoms with E-state index in [1.54, 1.807) is 42.6 Å². The van der Waals surface area contributed by atoms with E-state index >= 15 is 0 Å². The zero-order valence-electron chi connectivity index (χ0n) is 17.7. The molecule has 1 heterocycles. The van der Waals surface area contributed by atoms with Gasteiger partial charge in [0.1, 0.15) is 11.9 Å². The number of hydrogen-bond acceptors (Lipinski definition) is 4. The van der Waals surface area contributed by atoms with Crippen molar-refractivity contribution in [2.75, 3.05) is 5.32 Å². The molecule has 0 aliphatic carbocycles. The number of aromatic nitrogens is 1. The summed E-state index contributed by atoms with van der Waals surface area (Å²) in [6.45, 7) is 0. The highest BCUT2D eigenvalue weighted by Gasteiger charge is 2.23. The molecule has 3 aromatic carbocycles. The van der Waals surface area contributed by atoms with Crippen molar-refractivity contribution in [3.63, 3.8) is 0 Å². The molecular formula is C26H22FN3O3. The lowest BCUT2D eigenvalue weighted by atomic mass is 10.1. The summed E-state index contributed by atoms with van der Waals surface area (Å²) in [6, 6.07) is 23.2. The highest BCUT2D eigenvalue weighted by atomic mass is 19.1. The molecule has 4 rings (SSSR count). The summed E-state index contributed by atoms with van der Waals surface area (Å²) < 4.78 is 18.8. The summed E-state index contributed by atoms with van der Waals surface area (Å²) in [4.78, 5) is 29.8. The zero-order chi connectivity index (χ0) is 23.0. The first-order valence-electron chi connectivity index (χ1n) is 10.5. The first-order valence-corrected chi connectivity index (χ1v) is 10.5. The Morgan fingerprint density at radius 1 is 0.909 bits per heavy atom. The molecule has 1 unspecified atom stereocenters. The second-order valence-electron chi connectivity index (χ2n) is 7.39. The minimum atomic E-state index is -0.849. The molecule has 7 heteroatoms. The number of hydrogen-bond donors (Lipinski definition) is 2. The smallest absolute Gasteiger partial charge is 0.251 e. The number of anilines is 1. The first-order chi connectivity index (χ1) is 16.1. The van der Waals surface area contributed by atoms with Gasteiger partial charge in [-0.1, -0.05) is 48.5 Å². The maximum absolute atomic E-state index is 13.1. The van der Waals surface area contributed by atoms with Gasteiger partial charge in [-0.25, -0.2) is 9.37 Å². The number of para-hydroxylation sites is 1. The van der Waals surface area contributed by atoms with Crippen molar-refractivity contribution < 1.29 is 18.4 Å². The van der Waals surface area contributed by atoms with Crippen molar-refractivity contribution >= 4 is 17.5 Å². The summed E-state index contributed by atoms with van der Waals surface area (Å²) in [5.41, 5.74) is 2.01. The topological polar surface area (TPSA) is 84.2 Å². The fourth-order valence-corrected chi connectivity index (χ4v) is 3.31. The molecule has 0 saturated carbocycles. The van der Waals surface area contributed by atoms with Gasteiger partial charge in [0.2, 0.25) is 5.91 Å². The number of aryl methyl sites for hydroxylation is 1. The summed E-state index contributed by atoms with van der Waals surface area (Å²) in [7, 11) is 0. The quantitative estimate of drug-likeness (QED) is 0.405. The van der Waals surface area contributed by atoms with E-state index in [2.05, 4.69) is 15.6 Å². The number of benzene rings is 3. The van der Waals surface area contributed by atoms with Crippen LogP contribution in [0, 0.1) is 5.82 Å². The summed E-state index contributed by atoms with van der Waals surface area (Å²) >= 11 is 0. The second kappa shape index (κ2) is 10.4. The molecule has 1 atom stereocenters. The Hall–Kier alpha value is -4.26. The average molecular weight is 443 g/mol. The van der Waals surface area contributed by atoms with Crippen LogP contribution in [0.3, 0.4) is 0 Å². The molecule has 1 aromatic heterocycles. The molecule has 0 aliphatic heterocycles. The van der Waals surface area contributed by atoms with Crippen LogP contribution >= 0.6 is 0 Å². The van der Waals surface area contributed by atoms with Crippen LogP contribution in [-0.4, -0.2) is 16.8 Å². The number of amides is 2. The highest BCUT2D eigenvalue weighted by molar-refractivity contribution is 5.97. The minimum Gasteiger partial charge on any atom is -0.441 e. The molecule has 2 N–H and O–H groups in total. The predicted octanol–water partition coefficient (Wildman–Crippen LogP) is 4.91. The Balaban J connectivity index is 1.40. The molecule has 6 nitrogen and oxygen atoms in total. The number of nitrogens with zero attached hydrogens (tertiary/aromatic N) is 1. The Kier molecular flexibility index (Phi) is 6.90. The third kappa shape index (κ3) is 5.92. The maximum atomic E-state index is 13.1. The fraction of sp³-hybridized carbons (Fsp3) is 0.115. The largest absolute Gasteiger partial charge is 0.441 e. The summed E-state index contributed by atoms with van der Waals surface area (Å²) in [5, 5.41) is 5.64. The average Bonchev–Trinajstić information content (AvgIpc) is 3.32. The summed E-state index contributed by atoms with van der Waals surface area (Å²) in [5.74, 6) is -0.104. The van der Waals surface area contributed by atoms with E-state index in [0.29, 0.717) is 28.5 Å². The van der Waals surface area contributed by atoms with Gasteiger partial charge in [-0.2, -0.15) is 0 Å². The van der Waals surface area contributed by atoms with Crippen LogP contribution in [0.4, 0.5) is 10.1 Å². The SMILES string of the molecule is O=C(CCc1ncc(-c2ccc(F)cc2)o1)NC(C(=O)Nc1ccccc1)c1ccccc1. The van der Waals surface area contributed by atoms with Crippen LogP contribution in [0.5, 0.6) is 0 Å². The lowest BCUT2D eigenvalue weighted by Crippen LogP contribution is -2.37. The number of oxazole rings is 1. The van der Waals surface area contributed by atoms with Crippen molar-refractivity contribution in [3.8, 4) is 11.3 Å². The van der Waals surface area contributed by atoms with E-state index in [1.165, 1.54) is 12.1 Å². The molecule has 0 spiro atoms. The number of rotatable bonds is 8. The normalized spacial score (nSPS) is 11.5. The van der Waals surface area contributed by atoms with Gasteiger partial charge in [-0.15, -0.1) is 0 Å². The van der Waals surface area contributed by atoms with E-state index in [9.17, 15) is 14.0 Å². The number of carbonyl (C=O) groups excluding carboxylic acids is 2. The van der Waals surface area contributed by atoms with Crippen LogP contribution in [0.25, 0.3) is 11.3 Å². The Bertz CT molecular complexity index is 1210. The zero-order valence-corrected chi connectivity index (χ0v) is 17.7. The van der Waals surface area contributed by atoms with Crippen LogP contribution in [0.15, 0.2) is 95.5 Å². The van der Waals surface area contributed by atoms with E-state index in [1.807, 2.05) is 36.4 Å². The molecule has 166 valence electrons. The predicted molar refractivity (Wildman–Crippen MR) is 123 cm³/mol. The Morgan fingerprint density at radius 2 is 1.58 bits per heavy atom. The second-order valence-corrected chi connectivity index (χ2v) is 7.39. The maximum Gasteiger partial charge on any atom is 0.251 e. The Labute approximate surface area is 190 Å². The van der Waals surface area contributed by atoms with Crippen LogP contribution in [0.1, 0.15) is 23.9 Å². The molecule has 0 saturated heterocycles. The Morgan fingerprint density at radius 3 is 2.27 bits per heavy atom. The van der Waals surface area contributed by atoms with Gasteiger partial charge >= 0.3 is 0 Å². The third-order valence-corrected chi connectivity index (χ3v) is 4.99. The van der Waals surface area contributed by atoms with Gasteiger partial charge in [-0.05, 0) is 42.0 Å². The van der Waals surface area contributed by atoms with Gasteiger partial charge in [0, 0.05) is 24.1 Å². The number of carbonyl (C=O) groups is 2. The third-order valence-electron chi connectivity index (χ3n) is 4.99.